The summed E-state index contributed by atoms with van der Waals surface area (Å²) in [6.45, 7) is 6.63. The van der Waals surface area contributed by atoms with Crippen molar-refractivity contribution in [3.05, 3.63) is 47.3 Å². The zero-order valence-corrected chi connectivity index (χ0v) is 18.7. The van der Waals surface area contributed by atoms with E-state index in [4.69, 9.17) is 9.47 Å². The Morgan fingerprint density at radius 3 is 2.84 bits per heavy atom. The van der Waals surface area contributed by atoms with E-state index in [0.29, 0.717) is 31.1 Å². The molecule has 0 aliphatic carbocycles. The van der Waals surface area contributed by atoms with E-state index in [1.54, 1.807) is 11.3 Å². The first-order chi connectivity index (χ1) is 15.2. The first kappa shape index (κ1) is 21.2. The van der Waals surface area contributed by atoms with Crippen LogP contribution in [0.2, 0.25) is 0 Å². The molecule has 4 rings (SSSR count). The number of nitrogens with zero attached hydrogens (tertiary/aromatic N) is 2. The van der Waals surface area contributed by atoms with Gasteiger partial charge in [-0.15, -0.1) is 11.3 Å². The molecule has 31 heavy (non-hydrogen) atoms. The van der Waals surface area contributed by atoms with E-state index >= 15 is 0 Å². The highest BCUT2D eigenvalue weighted by Crippen LogP contribution is 2.29. The molecule has 0 unspecified atom stereocenters. The van der Waals surface area contributed by atoms with Gasteiger partial charge in [0.2, 0.25) is 5.91 Å². The van der Waals surface area contributed by atoms with Crippen molar-refractivity contribution in [2.75, 3.05) is 31.2 Å². The summed E-state index contributed by atoms with van der Waals surface area (Å²) in [4.78, 5) is 16.0. The molecule has 7 nitrogen and oxygen atoms in total. The molecule has 0 radical (unpaired) electrons. The Balaban J connectivity index is 1.32. The molecular weight excluding hydrogens is 412 g/mol. The number of aromatic nitrogens is 2. The van der Waals surface area contributed by atoms with Crippen LogP contribution in [0.1, 0.15) is 25.8 Å². The monoisotopic (exact) mass is 440 g/mol. The van der Waals surface area contributed by atoms with E-state index in [1.807, 2.05) is 38.1 Å². The third-order valence-corrected chi connectivity index (χ3v) is 6.10. The van der Waals surface area contributed by atoms with Gasteiger partial charge in [-0.25, -0.2) is 0 Å². The lowest BCUT2D eigenvalue weighted by atomic mass is 10.1. The first-order valence-electron chi connectivity index (χ1n) is 10.7. The molecule has 1 aliphatic heterocycles. The van der Waals surface area contributed by atoms with Crippen molar-refractivity contribution < 1.29 is 14.3 Å². The molecule has 2 aromatic heterocycles. The highest BCUT2D eigenvalue weighted by atomic mass is 32.1. The van der Waals surface area contributed by atoms with E-state index in [1.165, 1.54) is 4.88 Å². The van der Waals surface area contributed by atoms with Gasteiger partial charge in [-0.1, -0.05) is 12.1 Å². The second-order valence-corrected chi connectivity index (χ2v) is 8.39. The van der Waals surface area contributed by atoms with E-state index in [-0.39, 0.29) is 11.9 Å². The van der Waals surface area contributed by atoms with Gasteiger partial charge >= 0.3 is 0 Å². The number of carbonyl (C=O) groups is 1. The third-order valence-electron chi connectivity index (χ3n) is 5.20. The van der Waals surface area contributed by atoms with Crippen molar-refractivity contribution in [3.63, 3.8) is 0 Å². The highest BCUT2D eigenvalue weighted by molar-refractivity contribution is 7.13. The van der Waals surface area contributed by atoms with E-state index < -0.39 is 0 Å². The van der Waals surface area contributed by atoms with Crippen LogP contribution in [0.3, 0.4) is 0 Å². The summed E-state index contributed by atoms with van der Waals surface area (Å²) in [5, 5.41) is 12.8. The maximum atomic E-state index is 12.6. The lowest BCUT2D eigenvalue weighted by molar-refractivity contribution is -0.121. The minimum absolute atomic E-state index is 0.0137. The molecule has 0 bridgehead atoms. The molecule has 0 saturated carbocycles. The van der Waals surface area contributed by atoms with Gasteiger partial charge in [0.25, 0.3) is 0 Å². The van der Waals surface area contributed by atoms with Crippen LogP contribution in [-0.2, 0) is 11.2 Å². The first-order valence-corrected chi connectivity index (χ1v) is 11.6. The number of rotatable bonds is 9. The quantitative estimate of drug-likeness (QED) is 0.528. The molecule has 3 aromatic rings. The van der Waals surface area contributed by atoms with Gasteiger partial charge in [0.1, 0.15) is 0 Å². The average molecular weight is 441 g/mol. The predicted molar refractivity (Wildman–Crippen MR) is 123 cm³/mol. The fourth-order valence-corrected chi connectivity index (χ4v) is 4.48. The number of ether oxygens (including phenoxy) is 2. The average Bonchev–Trinajstić information content (AvgIpc) is 3.51. The van der Waals surface area contributed by atoms with Crippen LogP contribution in [0.25, 0.3) is 10.6 Å². The largest absolute Gasteiger partial charge is 0.490 e. The van der Waals surface area contributed by atoms with Crippen LogP contribution < -0.4 is 19.7 Å². The minimum Gasteiger partial charge on any atom is -0.490 e. The molecule has 1 saturated heterocycles. The number of hydrogen-bond donors (Lipinski definition) is 2. The minimum atomic E-state index is 0.0137. The van der Waals surface area contributed by atoms with Crippen LogP contribution >= 0.6 is 11.3 Å². The van der Waals surface area contributed by atoms with Crippen molar-refractivity contribution >= 4 is 23.1 Å². The Kier molecular flexibility index (Phi) is 6.76. The number of amides is 1. The summed E-state index contributed by atoms with van der Waals surface area (Å²) in [6, 6.07) is 12.0. The summed E-state index contributed by atoms with van der Waals surface area (Å²) >= 11 is 1.69. The summed E-state index contributed by atoms with van der Waals surface area (Å²) in [5.41, 5.74) is 1.94. The smallest absolute Gasteiger partial charge is 0.224 e. The van der Waals surface area contributed by atoms with Gasteiger partial charge in [0.15, 0.2) is 17.3 Å². The number of hydrogen-bond acceptors (Lipinski definition) is 6. The number of benzene rings is 1. The molecule has 0 spiro atoms. The van der Waals surface area contributed by atoms with Crippen LogP contribution in [0.15, 0.2) is 41.8 Å². The van der Waals surface area contributed by atoms with Crippen molar-refractivity contribution in [2.24, 2.45) is 0 Å². The Morgan fingerprint density at radius 2 is 2.06 bits per heavy atom. The third kappa shape index (κ3) is 5.19. The summed E-state index contributed by atoms with van der Waals surface area (Å²) in [5.74, 6) is 2.33. The molecule has 2 N–H and O–H groups in total. The number of carbonyl (C=O) groups excluding carboxylic acids is 1. The topological polar surface area (TPSA) is 79.5 Å². The molecule has 1 amide bonds. The number of H-pyrrole nitrogens is 1. The Morgan fingerprint density at radius 1 is 1.23 bits per heavy atom. The molecular formula is C23H28N4O3S. The van der Waals surface area contributed by atoms with Crippen molar-refractivity contribution in [2.45, 2.75) is 32.7 Å². The van der Waals surface area contributed by atoms with Gasteiger partial charge in [0.05, 0.1) is 30.2 Å². The lowest BCUT2D eigenvalue weighted by Gasteiger charge is -2.16. The second-order valence-electron chi connectivity index (χ2n) is 7.44. The standard InChI is InChI=1S/C23H28N4O3S/c1-3-29-19-8-7-16(12-20(19)30-4-2)13-23(28)24-17-9-10-27(15-17)22-14-18(25-26-22)21-6-5-11-31-21/h5-8,11-12,14,17H,3-4,9-10,13,15H2,1-2H3,(H,24,28)(H,25,26)/t17-/m1/s1. The zero-order chi connectivity index (χ0) is 21.6. The SMILES string of the molecule is CCOc1ccc(CC(=O)N[C@@H]2CCN(c3cc(-c4cccs4)[nH]n3)C2)cc1OCC. The predicted octanol–water partition coefficient (Wildman–Crippen LogP) is 3.87. The van der Waals surface area contributed by atoms with Crippen molar-refractivity contribution in [1.29, 1.82) is 0 Å². The van der Waals surface area contributed by atoms with E-state index in [0.717, 1.165) is 36.6 Å². The van der Waals surface area contributed by atoms with Crippen molar-refractivity contribution in [1.82, 2.24) is 15.5 Å². The van der Waals surface area contributed by atoms with Crippen LogP contribution in [0.5, 0.6) is 11.5 Å². The van der Waals surface area contributed by atoms with Crippen LogP contribution in [-0.4, -0.2) is 48.4 Å². The Hall–Kier alpha value is -3.00. The molecule has 1 atom stereocenters. The second kappa shape index (κ2) is 9.87. The van der Waals surface area contributed by atoms with Crippen molar-refractivity contribution in [3.8, 4) is 22.1 Å². The Labute approximate surface area is 186 Å². The molecule has 1 aromatic carbocycles. The van der Waals surface area contributed by atoms with Crippen LogP contribution in [0, 0.1) is 0 Å². The normalized spacial score (nSPS) is 15.8. The number of aromatic amines is 1. The van der Waals surface area contributed by atoms with E-state index in [9.17, 15) is 4.79 Å². The number of nitrogens with one attached hydrogen (secondary N) is 2. The zero-order valence-electron chi connectivity index (χ0n) is 17.9. The summed E-state index contributed by atoms with van der Waals surface area (Å²) < 4.78 is 11.3. The number of anilines is 1. The number of thiophene rings is 1. The van der Waals surface area contributed by atoms with Gasteiger partial charge in [-0.3, -0.25) is 9.89 Å². The van der Waals surface area contributed by atoms with Gasteiger partial charge < -0.3 is 19.7 Å². The summed E-state index contributed by atoms with van der Waals surface area (Å²) in [7, 11) is 0. The fraction of sp³-hybridized carbons (Fsp3) is 0.391. The molecule has 1 aliphatic rings. The molecule has 8 heteroatoms. The highest BCUT2D eigenvalue weighted by Gasteiger charge is 2.26. The summed E-state index contributed by atoms with van der Waals surface area (Å²) in [6.07, 6.45) is 1.22. The molecule has 1 fully saturated rings. The molecule has 164 valence electrons. The van der Waals surface area contributed by atoms with Gasteiger partial charge in [-0.2, -0.15) is 5.10 Å². The maximum Gasteiger partial charge on any atom is 0.224 e. The van der Waals surface area contributed by atoms with Crippen LogP contribution in [0.4, 0.5) is 5.82 Å². The van der Waals surface area contributed by atoms with E-state index in [2.05, 4.69) is 37.9 Å². The van der Waals surface area contributed by atoms with Gasteiger partial charge in [0, 0.05) is 25.2 Å². The van der Waals surface area contributed by atoms with Gasteiger partial charge in [-0.05, 0) is 49.4 Å². The fourth-order valence-electron chi connectivity index (χ4n) is 3.79. The maximum absolute atomic E-state index is 12.6. The Bertz CT molecular complexity index is 1000. The molecule has 3 heterocycles. The lowest BCUT2D eigenvalue weighted by Crippen LogP contribution is -2.38.